The summed E-state index contributed by atoms with van der Waals surface area (Å²) >= 11 is 1.89. The highest BCUT2D eigenvalue weighted by molar-refractivity contribution is 7.99. The number of hydrogen-bond donors (Lipinski definition) is 0. The molecule has 2 aromatic carbocycles. The summed E-state index contributed by atoms with van der Waals surface area (Å²) in [4.78, 5) is 1.43. The summed E-state index contributed by atoms with van der Waals surface area (Å²) < 4.78 is 0. The zero-order valence-electron chi connectivity index (χ0n) is 36.4. The van der Waals surface area contributed by atoms with Crippen LogP contribution < -0.4 is 10.6 Å². The maximum absolute atomic E-state index is 4.03. The number of benzene rings is 2. The van der Waals surface area contributed by atoms with E-state index in [2.05, 4.69) is 120 Å². The Balaban J connectivity index is 0.000000845. The SMILES string of the molecule is C1=C\CCCCCC/1.CC.CCCC.CCCCCCP(C(C#C[C@H](C)CP(c1ccccc1C)c1ccccc1SC)CCCC)C1CCCCC1. The maximum Gasteiger partial charge on any atom is 0.0404 e. The Kier molecular flexibility index (Phi) is 32.3. The zero-order chi connectivity index (χ0) is 38.9. The molecule has 0 aromatic heterocycles. The summed E-state index contributed by atoms with van der Waals surface area (Å²) in [5.74, 6) is 8.36. The Morgan fingerprint density at radius 1 is 0.679 bits per heavy atom. The molecule has 1 fully saturated rings. The fourth-order valence-electron chi connectivity index (χ4n) is 7.16. The molecule has 3 heteroatoms. The predicted octanol–water partition coefficient (Wildman–Crippen LogP) is 16.5. The highest BCUT2D eigenvalue weighted by Crippen LogP contribution is 2.53. The molecule has 53 heavy (non-hydrogen) atoms. The molecule has 0 spiro atoms. The Morgan fingerprint density at radius 2 is 1.26 bits per heavy atom. The van der Waals surface area contributed by atoms with Gasteiger partial charge >= 0.3 is 0 Å². The second-order valence-corrected chi connectivity index (χ2v) is 20.8. The standard InChI is InChI=1S/C36H54P2S.C8H14.C4H10.C2H6/c1-6-8-10-18-28-37(32-21-12-11-13-22-32)33(20-9-7-2)27-26-30(3)29-38(34-23-15-14-19-31(34)4)35-24-16-17-25-36(35)39-5;1-2-4-6-8-7-5-3-1;1-3-4-2;1-2/h14-17,19,23-25,30,32-33H,6-13,18,20-22,28-29H2,1-5H3;1-2H,3-8H2;3-4H2,1-2H3;1-2H3/b;2-1-;;/t30-,33?,37?,38?;;;/m0.../s1. The predicted molar refractivity (Wildman–Crippen MR) is 252 cm³/mol. The smallest absolute Gasteiger partial charge is 0.0404 e. The Labute approximate surface area is 339 Å². The van der Waals surface area contributed by atoms with Gasteiger partial charge in [-0.1, -0.05) is 200 Å². The zero-order valence-corrected chi connectivity index (χ0v) is 39.0. The van der Waals surface area contributed by atoms with Gasteiger partial charge in [0, 0.05) is 16.5 Å². The average molecular weight is 779 g/mol. The molecule has 0 amide bonds. The van der Waals surface area contributed by atoms with Crippen LogP contribution in [0.5, 0.6) is 0 Å². The summed E-state index contributed by atoms with van der Waals surface area (Å²) in [5.41, 5.74) is 3.04. The molecule has 0 bridgehead atoms. The van der Waals surface area contributed by atoms with Gasteiger partial charge in [-0.2, -0.15) is 0 Å². The van der Waals surface area contributed by atoms with E-state index in [-0.39, 0.29) is 7.92 Å². The molecule has 3 unspecified atom stereocenters. The van der Waals surface area contributed by atoms with Crippen LogP contribution in [0.15, 0.2) is 65.6 Å². The lowest BCUT2D eigenvalue weighted by molar-refractivity contribution is 0.507. The third-order valence-corrected chi connectivity index (χ3v) is 17.8. The molecule has 0 saturated heterocycles. The molecule has 2 aliphatic carbocycles. The number of thioether (sulfide) groups is 1. The van der Waals surface area contributed by atoms with Crippen LogP contribution in [0.3, 0.4) is 0 Å². The third kappa shape index (κ3) is 21.7. The van der Waals surface area contributed by atoms with Crippen molar-refractivity contribution in [2.45, 2.75) is 200 Å². The summed E-state index contributed by atoms with van der Waals surface area (Å²) in [7, 11) is -0.432. The van der Waals surface area contributed by atoms with E-state index in [9.17, 15) is 0 Å². The minimum Gasteiger partial charge on any atom is -0.129 e. The molecular formula is C50H84P2S. The van der Waals surface area contributed by atoms with Gasteiger partial charge < -0.3 is 0 Å². The molecule has 0 nitrogen and oxygen atoms in total. The molecular weight excluding hydrogens is 695 g/mol. The first-order chi connectivity index (χ1) is 26.0. The van der Waals surface area contributed by atoms with Crippen molar-refractivity contribution < 1.29 is 0 Å². The molecule has 2 aliphatic rings. The first kappa shape index (κ1) is 50.0. The third-order valence-electron chi connectivity index (χ3n) is 10.4. The monoisotopic (exact) mass is 779 g/mol. The normalized spacial score (nSPS) is 17.2. The molecule has 0 radical (unpaired) electrons. The van der Waals surface area contributed by atoms with Gasteiger partial charge in [-0.3, -0.25) is 0 Å². The molecule has 0 aliphatic heterocycles. The quantitative estimate of drug-likeness (QED) is 0.0538. The van der Waals surface area contributed by atoms with Crippen molar-refractivity contribution >= 4 is 38.2 Å². The average Bonchev–Trinajstić information content (AvgIpc) is 3.19. The molecule has 4 rings (SSSR count). The van der Waals surface area contributed by atoms with Crippen molar-refractivity contribution in [1.29, 1.82) is 0 Å². The summed E-state index contributed by atoms with van der Waals surface area (Å²) in [6.45, 7) is 17.8. The van der Waals surface area contributed by atoms with Crippen molar-refractivity contribution in [2.75, 3.05) is 18.6 Å². The van der Waals surface area contributed by atoms with E-state index in [1.54, 1.807) is 0 Å². The second-order valence-electron chi connectivity index (χ2n) is 15.0. The molecule has 0 N–H and O–H groups in total. The number of hydrogen-bond acceptors (Lipinski definition) is 1. The number of unbranched alkanes of at least 4 members (excludes halogenated alkanes) is 5. The van der Waals surface area contributed by atoms with Gasteiger partial charge in [0.25, 0.3) is 0 Å². The van der Waals surface area contributed by atoms with Gasteiger partial charge in [-0.05, 0) is 113 Å². The van der Waals surface area contributed by atoms with Crippen LogP contribution in [0.2, 0.25) is 0 Å². The van der Waals surface area contributed by atoms with Crippen LogP contribution in [0.4, 0.5) is 0 Å². The highest BCUT2D eigenvalue weighted by Gasteiger charge is 2.29. The van der Waals surface area contributed by atoms with Gasteiger partial charge in [-0.15, -0.1) is 11.8 Å². The van der Waals surface area contributed by atoms with Gasteiger partial charge in [0.05, 0.1) is 0 Å². The van der Waals surface area contributed by atoms with E-state index < -0.39 is 7.92 Å². The molecule has 1 saturated carbocycles. The van der Waals surface area contributed by atoms with E-state index in [4.69, 9.17) is 0 Å². The van der Waals surface area contributed by atoms with Crippen LogP contribution in [-0.4, -0.2) is 29.9 Å². The lowest BCUT2D eigenvalue weighted by Gasteiger charge is -2.35. The first-order valence-electron chi connectivity index (χ1n) is 22.4. The second kappa shape index (κ2) is 34.2. The highest BCUT2D eigenvalue weighted by atomic mass is 32.2. The number of allylic oxidation sites excluding steroid dienone is 2. The van der Waals surface area contributed by atoms with Crippen LogP contribution >= 0.6 is 27.6 Å². The largest absolute Gasteiger partial charge is 0.129 e. The Hall–Kier alpha value is -1.05. The summed E-state index contributed by atoms with van der Waals surface area (Å²) in [6.07, 6.45) is 37.3. The van der Waals surface area contributed by atoms with Crippen molar-refractivity contribution in [2.24, 2.45) is 5.92 Å². The lowest BCUT2D eigenvalue weighted by atomic mass is 10.0. The van der Waals surface area contributed by atoms with Gasteiger partial charge in [0.2, 0.25) is 0 Å². The Morgan fingerprint density at radius 3 is 1.85 bits per heavy atom. The summed E-state index contributed by atoms with van der Waals surface area (Å²) in [5, 5.41) is 3.07. The van der Waals surface area contributed by atoms with E-state index in [1.807, 2.05) is 25.6 Å². The first-order valence-corrected chi connectivity index (χ1v) is 26.8. The molecule has 300 valence electrons. The fraction of sp³-hybridized carbons (Fsp3) is 0.680. The van der Waals surface area contributed by atoms with Crippen molar-refractivity contribution in [3.8, 4) is 11.8 Å². The molecule has 4 atom stereocenters. The van der Waals surface area contributed by atoms with E-state index >= 15 is 0 Å². The number of aryl methyl sites for hydroxylation is 1. The summed E-state index contributed by atoms with van der Waals surface area (Å²) in [6, 6.07) is 18.2. The van der Waals surface area contributed by atoms with Crippen molar-refractivity contribution in [3.63, 3.8) is 0 Å². The van der Waals surface area contributed by atoms with Gasteiger partial charge in [0.15, 0.2) is 0 Å². The topological polar surface area (TPSA) is 0 Å². The van der Waals surface area contributed by atoms with Crippen molar-refractivity contribution in [3.05, 3.63) is 66.2 Å². The van der Waals surface area contributed by atoms with Crippen LogP contribution in [0, 0.1) is 24.7 Å². The van der Waals surface area contributed by atoms with E-state index in [0.29, 0.717) is 11.6 Å². The maximum atomic E-state index is 4.03. The fourth-order valence-corrected chi connectivity index (χ4v) is 14.5. The minimum absolute atomic E-state index is 0.00629. The van der Waals surface area contributed by atoms with Gasteiger partial charge in [0.1, 0.15) is 0 Å². The van der Waals surface area contributed by atoms with Crippen molar-refractivity contribution in [1.82, 2.24) is 0 Å². The number of rotatable bonds is 16. The minimum atomic E-state index is -0.439. The van der Waals surface area contributed by atoms with Crippen LogP contribution in [-0.2, 0) is 0 Å². The van der Waals surface area contributed by atoms with E-state index in [0.717, 1.165) is 11.8 Å². The van der Waals surface area contributed by atoms with Crippen LogP contribution in [0.1, 0.15) is 182 Å². The Bertz CT molecular complexity index is 1210. The molecule has 0 heterocycles. The van der Waals surface area contributed by atoms with E-state index in [1.165, 1.54) is 156 Å². The van der Waals surface area contributed by atoms with Gasteiger partial charge in [-0.25, -0.2) is 0 Å². The molecule has 2 aromatic rings. The van der Waals surface area contributed by atoms with Crippen LogP contribution in [0.25, 0.3) is 0 Å². The lowest BCUT2D eigenvalue weighted by Crippen LogP contribution is -2.21.